The zero-order valence-electron chi connectivity index (χ0n) is 13.0. The first-order valence-corrected chi connectivity index (χ1v) is 7.42. The van der Waals surface area contributed by atoms with Crippen molar-refractivity contribution in [2.75, 3.05) is 4.90 Å². The summed E-state index contributed by atoms with van der Waals surface area (Å²) in [5, 5.41) is 0. The molecule has 3 heteroatoms. The zero-order chi connectivity index (χ0) is 15.6. The second kappa shape index (κ2) is 6.08. The largest absolute Gasteiger partial charge is 0.273 e. The van der Waals surface area contributed by atoms with E-state index in [1.807, 2.05) is 64.1 Å². The molecule has 1 aliphatic carbocycles. The van der Waals surface area contributed by atoms with E-state index in [-0.39, 0.29) is 17.7 Å². The molecule has 1 heterocycles. The lowest BCUT2D eigenvalue weighted by molar-refractivity contribution is -0.122. The van der Waals surface area contributed by atoms with Crippen molar-refractivity contribution in [2.24, 2.45) is 5.92 Å². The van der Waals surface area contributed by atoms with Gasteiger partial charge in [0.25, 0.3) is 5.91 Å². The van der Waals surface area contributed by atoms with Gasteiger partial charge < -0.3 is 0 Å². The van der Waals surface area contributed by atoms with Crippen LogP contribution in [0.5, 0.6) is 0 Å². The SMILES string of the molecule is CC.CC1=C2C(=O)N(c3cccc(C)c3)C(=O)C2CC=C1. The van der Waals surface area contributed by atoms with E-state index in [1.165, 1.54) is 4.90 Å². The predicted octanol–water partition coefficient (Wildman–Crippen LogP) is 3.79. The van der Waals surface area contributed by atoms with Crippen LogP contribution in [0.3, 0.4) is 0 Å². The summed E-state index contributed by atoms with van der Waals surface area (Å²) in [5.41, 5.74) is 3.28. The van der Waals surface area contributed by atoms with E-state index in [4.69, 9.17) is 0 Å². The molecule has 1 unspecified atom stereocenters. The molecular weight excluding hydrogens is 262 g/mol. The van der Waals surface area contributed by atoms with Crippen LogP contribution in [0.2, 0.25) is 0 Å². The van der Waals surface area contributed by atoms with E-state index in [1.54, 1.807) is 0 Å². The third kappa shape index (κ3) is 2.56. The zero-order valence-corrected chi connectivity index (χ0v) is 13.0. The number of hydrogen-bond acceptors (Lipinski definition) is 2. The first-order valence-electron chi connectivity index (χ1n) is 7.42. The molecule has 21 heavy (non-hydrogen) atoms. The van der Waals surface area contributed by atoms with E-state index >= 15 is 0 Å². The minimum absolute atomic E-state index is 0.102. The third-order valence-corrected chi connectivity index (χ3v) is 3.72. The molecule has 0 bridgehead atoms. The van der Waals surface area contributed by atoms with Crippen molar-refractivity contribution >= 4 is 17.5 Å². The normalized spacial score (nSPS) is 20.4. The number of carbonyl (C=O) groups is 2. The van der Waals surface area contributed by atoms with Crippen LogP contribution in [0.1, 0.15) is 32.8 Å². The molecule has 3 nitrogen and oxygen atoms in total. The fraction of sp³-hybridized carbons (Fsp3) is 0.333. The summed E-state index contributed by atoms with van der Waals surface area (Å²) in [4.78, 5) is 26.3. The first kappa shape index (κ1) is 15.2. The number of rotatable bonds is 1. The van der Waals surface area contributed by atoms with Crippen molar-refractivity contribution in [1.29, 1.82) is 0 Å². The van der Waals surface area contributed by atoms with Gasteiger partial charge in [-0.05, 0) is 43.5 Å². The van der Waals surface area contributed by atoms with Gasteiger partial charge in [-0.2, -0.15) is 0 Å². The summed E-state index contributed by atoms with van der Waals surface area (Å²) in [6.45, 7) is 7.84. The molecule has 3 rings (SSSR count). The summed E-state index contributed by atoms with van der Waals surface area (Å²) < 4.78 is 0. The van der Waals surface area contributed by atoms with Gasteiger partial charge in [0.1, 0.15) is 0 Å². The Morgan fingerprint density at radius 3 is 2.48 bits per heavy atom. The summed E-state index contributed by atoms with van der Waals surface area (Å²) >= 11 is 0. The lowest BCUT2D eigenvalue weighted by atomic mass is 9.89. The summed E-state index contributed by atoms with van der Waals surface area (Å²) in [5.74, 6) is -0.560. The quantitative estimate of drug-likeness (QED) is 0.735. The Bertz CT molecular complexity index is 640. The number of hydrogen-bond donors (Lipinski definition) is 0. The average molecular weight is 283 g/mol. The van der Waals surface area contributed by atoms with E-state index in [0.29, 0.717) is 17.7 Å². The van der Waals surface area contributed by atoms with E-state index in [9.17, 15) is 9.59 Å². The Hall–Kier alpha value is -2.16. The maximum Gasteiger partial charge on any atom is 0.262 e. The smallest absolute Gasteiger partial charge is 0.262 e. The molecule has 0 saturated carbocycles. The van der Waals surface area contributed by atoms with Gasteiger partial charge in [0.05, 0.1) is 11.6 Å². The van der Waals surface area contributed by atoms with Crippen LogP contribution < -0.4 is 4.90 Å². The van der Waals surface area contributed by atoms with Crippen molar-refractivity contribution in [1.82, 2.24) is 0 Å². The maximum atomic E-state index is 12.5. The van der Waals surface area contributed by atoms with Crippen molar-refractivity contribution in [2.45, 2.75) is 34.1 Å². The van der Waals surface area contributed by atoms with Gasteiger partial charge in [0.15, 0.2) is 0 Å². The number of nitrogens with zero attached hydrogens (tertiary/aromatic N) is 1. The van der Waals surface area contributed by atoms with Crippen molar-refractivity contribution in [3.63, 3.8) is 0 Å². The topological polar surface area (TPSA) is 37.4 Å². The van der Waals surface area contributed by atoms with E-state index in [2.05, 4.69) is 0 Å². The molecule has 1 aromatic carbocycles. The Balaban J connectivity index is 0.000000774. The molecule has 0 spiro atoms. The third-order valence-electron chi connectivity index (χ3n) is 3.72. The van der Waals surface area contributed by atoms with Crippen molar-refractivity contribution < 1.29 is 9.59 Å². The molecule has 1 fully saturated rings. The molecular formula is C18H21NO2. The Morgan fingerprint density at radius 2 is 1.86 bits per heavy atom. The van der Waals surface area contributed by atoms with Crippen LogP contribution >= 0.6 is 0 Å². The molecule has 0 N–H and O–H groups in total. The minimum atomic E-state index is -0.294. The predicted molar refractivity (Wildman–Crippen MR) is 85.0 cm³/mol. The van der Waals surface area contributed by atoms with Crippen LogP contribution in [0.15, 0.2) is 47.6 Å². The summed E-state index contributed by atoms with van der Waals surface area (Å²) in [6, 6.07) is 7.50. The van der Waals surface area contributed by atoms with E-state index in [0.717, 1.165) is 11.1 Å². The highest BCUT2D eigenvalue weighted by atomic mass is 16.2. The number of fused-ring (bicyclic) bond motifs is 1. The fourth-order valence-electron chi connectivity index (χ4n) is 2.79. The van der Waals surface area contributed by atoms with Crippen LogP contribution in [-0.4, -0.2) is 11.8 Å². The van der Waals surface area contributed by atoms with Crippen LogP contribution in [0, 0.1) is 12.8 Å². The van der Waals surface area contributed by atoms with Crippen molar-refractivity contribution in [3.05, 3.63) is 53.1 Å². The number of benzene rings is 1. The Kier molecular flexibility index (Phi) is 4.41. The lowest BCUT2D eigenvalue weighted by Crippen LogP contribution is -2.30. The number of carbonyl (C=O) groups excluding carboxylic acids is 2. The van der Waals surface area contributed by atoms with Crippen LogP contribution in [0.25, 0.3) is 0 Å². The van der Waals surface area contributed by atoms with E-state index < -0.39 is 0 Å². The standard InChI is InChI=1S/C16H15NO2.C2H6/c1-10-5-3-7-12(9-10)17-15(18)13-8-4-6-11(2)14(13)16(17)19;1-2/h3-7,9,13H,8H2,1-2H3;1-2H3. The molecule has 2 aliphatic rings. The summed E-state index contributed by atoms with van der Waals surface area (Å²) in [7, 11) is 0. The highest BCUT2D eigenvalue weighted by Crippen LogP contribution is 2.37. The van der Waals surface area contributed by atoms with Crippen molar-refractivity contribution in [3.8, 4) is 0 Å². The van der Waals surface area contributed by atoms with Gasteiger partial charge in [-0.1, -0.05) is 38.1 Å². The number of amides is 2. The number of aryl methyl sites for hydroxylation is 1. The number of imide groups is 1. The second-order valence-corrected chi connectivity index (χ2v) is 5.11. The maximum absolute atomic E-state index is 12.5. The molecule has 1 atom stereocenters. The van der Waals surface area contributed by atoms with Gasteiger partial charge >= 0.3 is 0 Å². The van der Waals surface area contributed by atoms with Crippen LogP contribution in [-0.2, 0) is 9.59 Å². The molecule has 0 aromatic heterocycles. The molecule has 1 aliphatic heterocycles. The second-order valence-electron chi connectivity index (χ2n) is 5.11. The van der Waals surface area contributed by atoms with Gasteiger partial charge in [0, 0.05) is 5.57 Å². The monoisotopic (exact) mass is 283 g/mol. The molecule has 1 aromatic rings. The number of anilines is 1. The van der Waals surface area contributed by atoms with Gasteiger partial charge in [-0.3, -0.25) is 9.59 Å². The molecule has 110 valence electrons. The summed E-state index contributed by atoms with van der Waals surface area (Å²) in [6.07, 6.45) is 4.52. The van der Waals surface area contributed by atoms with Gasteiger partial charge in [0.2, 0.25) is 5.91 Å². The Morgan fingerprint density at radius 1 is 1.14 bits per heavy atom. The first-order chi connectivity index (χ1) is 10.1. The molecule has 0 radical (unpaired) electrons. The van der Waals surface area contributed by atoms with Gasteiger partial charge in [-0.15, -0.1) is 0 Å². The van der Waals surface area contributed by atoms with Gasteiger partial charge in [-0.25, -0.2) is 4.90 Å². The highest BCUT2D eigenvalue weighted by Gasteiger charge is 2.44. The highest BCUT2D eigenvalue weighted by molar-refractivity contribution is 6.29. The fourth-order valence-corrected chi connectivity index (χ4v) is 2.79. The Labute approximate surface area is 126 Å². The average Bonchev–Trinajstić information content (AvgIpc) is 2.74. The molecule has 1 saturated heterocycles. The minimum Gasteiger partial charge on any atom is -0.273 e. The van der Waals surface area contributed by atoms with Crippen LogP contribution in [0.4, 0.5) is 5.69 Å². The lowest BCUT2D eigenvalue weighted by Gasteiger charge is -2.14. The number of allylic oxidation sites excluding steroid dienone is 3. The molecule has 2 amide bonds.